The molecule has 0 spiro atoms. The highest BCUT2D eigenvalue weighted by atomic mass is 35.5. The van der Waals surface area contributed by atoms with Gasteiger partial charge in [-0.05, 0) is 23.3 Å². The first kappa shape index (κ1) is 12.3. The van der Waals surface area contributed by atoms with Gasteiger partial charge in [0.1, 0.15) is 0 Å². The van der Waals surface area contributed by atoms with Gasteiger partial charge in [-0.15, -0.1) is 0 Å². The molecular formula is C18H11ClN2. The maximum absolute atomic E-state index is 6.25. The van der Waals surface area contributed by atoms with Gasteiger partial charge >= 0.3 is 0 Å². The molecular weight excluding hydrogens is 280 g/mol. The van der Waals surface area contributed by atoms with Crippen LogP contribution in [0.4, 0.5) is 0 Å². The first-order chi connectivity index (χ1) is 10.3. The van der Waals surface area contributed by atoms with Crippen molar-refractivity contribution in [2.24, 2.45) is 0 Å². The van der Waals surface area contributed by atoms with Gasteiger partial charge in [0, 0.05) is 23.2 Å². The number of fused-ring (bicyclic) bond motifs is 3. The summed E-state index contributed by atoms with van der Waals surface area (Å²) in [6.07, 6.45) is 3.55. The minimum atomic E-state index is 0.703. The molecule has 0 aliphatic rings. The zero-order valence-corrected chi connectivity index (χ0v) is 11.9. The van der Waals surface area contributed by atoms with Crippen LogP contribution in [0.2, 0.25) is 5.02 Å². The van der Waals surface area contributed by atoms with Gasteiger partial charge in [-0.3, -0.25) is 9.97 Å². The smallest absolute Gasteiger partial charge is 0.0979 e. The SMILES string of the molecule is Clc1ccnc2c1ccc1c(-c3ccccc3)ccnc12. The van der Waals surface area contributed by atoms with Crippen LogP contribution in [0, 0.1) is 0 Å². The molecule has 2 heterocycles. The number of hydrogen-bond donors (Lipinski definition) is 0. The first-order valence-corrected chi connectivity index (χ1v) is 7.10. The Labute approximate surface area is 127 Å². The van der Waals surface area contributed by atoms with Crippen molar-refractivity contribution in [2.45, 2.75) is 0 Å². The van der Waals surface area contributed by atoms with E-state index in [2.05, 4.69) is 28.2 Å². The maximum Gasteiger partial charge on any atom is 0.0979 e. The highest BCUT2D eigenvalue weighted by molar-refractivity contribution is 6.36. The van der Waals surface area contributed by atoms with Crippen molar-refractivity contribution in [3.05, 3.63) is 72.0 Å². The zero-order valence-electron chi connectivity index (χ0n) is 11.1. The number of halogens is 1. The molecule has 21 heavy (non-hydrogen) atoms. The normalized spacial score (nSPS) is 11.1. The molecule has 0 amide bonds. The monoisotopic (exact) mass is 290 g/mol. The Morgan fingerprint density at radius 2 is 1.33 bits per heavy atom. The summed E-state index contributed by atoms with van der Waals surface area (Å²) < 4.78 is 0. The Morgan fingerprint density at radius 1 is 0.667 bits per heavy atom. The average molecular weight is 291 g/mol. The lowest BCUT2D eigenvalue weighted by Gasteiger charge is -2.08. The van der Waals surface area contributed by atoms with Crippen molar-refractivity contribution >= 4 is 33.4 Å². The fraction of sp³-hybridized carbons (Fsp3) is 0. The zero-order chi connectivity index (χ0) is 14.2. The maximum atomic E-state index is 6.25. The Morgan fingerprint density at radius 3 is 2.14 bits per heavy atom. The molecule has 0 atom stereocenters. The van der Waals surface area contributed by atoms with Crippen LogP contribution in [0.25, 0.3) is 32.9 Å². The van der Waals surface area contributed by atoms with Crippen LogP contribution in [0.15, 0.2) is 67.0 Å². The molecule has 2 aromatic carbocycles. The average Bonchev–Trinajstić information content (AvgIpc) is 2.55. The minimum Gasteiger partial charge on any atom is -0.254 e. The summed E-state index contributed by atoms with van der Waals surface area (Å²) in [6, 6.07) is 18.2. The van der Waals surface area contributed by atoms with E-state index in [0.717, 1.165) is 27.4 Å². The third-order valence-electron chi connectivity index (χ3n) is 3.65. The summed E-state index contributed by atoms with van der Waals surface area (Å²) in [4.78, 5) is 8.97. The van der Waals surface area contributed by atoms with Gasteiger partial charge < -0.3 is 0 Å². The molecule has 3 heteroatoms. The van der Waals surface area contributed by atoms with Crippen LogP contribution in [0.5, 0.6) is 0 Å². The molecule has 0 saturated heterocycles. The van der Waals surface area contributed by atoms with Crippen molar-refractivity contribution in [2.75, 3.05) is 0 Å². The van der Waals surface area contributed by atoms with Crippen LogP contribution < -0.4 is 0 Å². The van der Waals surface area contributed by atoms with Gasteiger partial charge in [0.25, 0.3) is 0 Å². The number of nitrogens with zero attached hydrogens (tertiary/aromatic N) is 2. The number of aromatic nitrogens is 2. The van der Waals surface area contributed by atoms with E-state index in [1.807, 2.05) is 36.5 Å². The van der Waals surface area contributed by atoms with E-state index >= 15 is 0 Å². The molecule has 4 rings (SSSR count). The fourth-order valence-electron chi connectivity index (χ4n) is 2.66. The second kappa shape index (κ2) is 4.83. The van der Waals surface area contributed by atoms with Crippen molar-refractivity contribution in [1.82, 2.24) is 9.97 Å². The molecule has 4 aromatic rings. The molecule has 0 aliphatic heterocycles. The predicted molar refractivity (Wildman–Crippen MR) is 87.5 cm³/mol. The van der Waals surface area contributed by atoms with E-state index in [1.54, 1.807) is 12.3 Å². The Kier molecular flexibility index (Phi) is 2.83. The molecule has 0 fully saturated rings. The molecule has 0 saturated carbocycles. The molecule has 0 unspecified atom stereocenters. The molecule has 2 aromatic heterocycles. The van der Waals surface area contributed by atoms with Gasteiger partial charge in [0.2, 0.25) is 0 Å². The molecule has 0 N–H and O–H groups in total. The Balaban J connectivity index is 2.12. The summed E-state index contributed by atoms with van der Waals surface area (Å²) in [5.41, 5.74) is 4.06. The number of hydrogen-bond acceptors (Lipinski definition) is 2. The lowest BCUT2D eigenvalue weighted by molar-refractivity contribution is 1.37. The molecule has 0 bridgehead atoms. The van der Waals surface area contributed by atoms with Gasteiger partial charge in [-0.1, -0.05) is 54.1 Å². The summed E-state index contributed by atoms with van der Waals surface area (Å²) >= 11 is 6.25. The van der Waals surface area contributed by atoms with E-state index in [-0.39, 0.29) is 0 Å². The van der Waals surface area contributed by atoms with Crippen LogP contribution in [0.1, 0.15) is 0 Å². The predicted octanol–water partition coefficient (Wildman–Crippen LogP) is 5.10. The van der Waals surface area contributed by atoms with Crippen molar-refractivity contribution in [3.8, 4) is 11.1 Å². The second-order valence-electron chi connectivity index (χ2n) is 4.88. The lowest BCUT2D eigenvalue weighted by atomic mass is 10.00. The third-order valence-corrected chi connectivity index (χ3v) is 3.98. The highest BCUT2D eigenvalue weighted by Crippen LogP contribution is 2.32. The molecule has 0 aliphatic carbocycles. The number of rotatable bonds is 1. The summed E-state index contributed by atoms with van der Waals surface area (Å²) in [5, 5.41) is 2.73. The van der Waals surface area contributed by atoms with E-state index in [0.29, 0.717) is 5.02 Å². The second-order valence-corrected chi connectivity index (χ2v) is 5.28. The van der Waals surface area contributed by atoms with Crippen molar-refractivity contribution in [1.29, 1.82) is 0 Å². The Hall–Kier alpha value is -2.45. The Bertz CT molecular complexity index is 949. The highest BCUT2D eigenvalue weighted by Gasteiger charge is 2.09. The van der Waals surface area contributed by atoms with E-state index in [1.165, 1.54) is 5.56 Å². The topological polar surface area (TPSA) is 25.8 Å². The van der Waals surface area contributed by atoms with Crippen LogP contribution in [-0.4, -0.2) is 9.97 Å². The fourth-order valence-corrected chi connectivity index (χ4v) is 2.87. The quantitative estimate of drug-likeness (QED) is 0.456. The van der Waals surface area contributed by atoms with Crippen molar-refractivity contribution in [3.63, 3.8) is 0 Å². The summed E-state index contributed by atoms with van der Waals surface area (Å²) in [6.45, 7) is 0. The van der Waals surface area contributed by atoms with Gasteiger partial charge in [-0.25, -0.2) is 0 Å². The first-order valence-electron chi connectivity index (χ1n) is 6.72. The van der Waals surface area contributed by atoms with Crippen molar-refractivity contribution < 1.29 is 0 Å². The third kappa shape index (κ3) is 1.96. The van der Waals surface area contributed by atoms with Crippen LogP contribution in [-0.2, 0) is 0 Å². The molecule has 2 nitrogen and oxygen atoms in total. The van der Waals surface area contributed by atoms with E-state index in [4.69, 9.17) is 11.6 Å². The van der Waals surface area contributed by atoms with Crippen LogP contribution in [0.3, 0.4) is 0 Å². The number of benzene rings is 2. The minimum absolute atomic E-state index is 0.703. The van der Waals surface area contributed by atoms with E-state index < -0.39 is 0 Å². The van der Waals surface area contributed by atoms with Gasteiger partial charge in [-0.2, -0.15) is 0 Å². The lowest BCUT2D eigenvalue weighted by Crippen LogP contribution is -1.88. The van der Waals surface area contributed by atoms with Crippen LogP contribution >= 0.6 is 11.6 Å². The standard InChI is InChI=1S/C18H11ClN2/c19-16-9-11-21-18-15(16)7-6-14-13(8-10-20-17(14)18)12-4-2-1-3-5-12/h1-11H. The summed E-state index contributed by atoms with van der Waals surface area (Å²) in [5.74, 6) is 0. The molecule has 0 radical (unpaired) electrons. The van der Waals surface area contributed by atoms with Gasteiger partial charge in [0.15, 0.2) is 0 Å². The van der Waals surface area contributed by atoms with Gasteiger partial charge in [0.05, 0.1) is 16.1 Å². The molecule has 100 valence electrons. The summed E-state index contributed by atoms with van der Waals surface area (Å²) in [7, 11) is 0. The largest absolute Gasteiger partial charge is 0.254 e. The number of pyridine rings is 2. The van der Waals surface area contributed by atoms with E-state index in [9.17, 15) is 0 Å².